The molecule has 6 unspecified atom stereocenters. The molecule has 98 valence electrons. The summed E-state index contributed by atoms with van der Waals surface area (Å²) in [5.74, 6) is -2.71. The fourth-order valence-corrected chi connectivity index (χ4v) is 2.60. The van der Waals surface area contributed by atoms with Gasteiger partial charge in [-0.25, -0.2) is 4.79 Å². The van der Waals surface area contributed by atoms with Gasteiger partial charge >= 0.3 is 5.97 Å². The third kappa shape index (κ3) is 1.45. The van der Waals surface area contributed by atoms with Crippen molar-refractivity contribution < 1.29 is 29.2 Å². The molecule has 2 aliphatic rings. The molecule has 17 heavy (non-hydrogen) atoms. The smallest absolute Gasteiger partial charge is 0.341 e. The molecule has 0 aliphatic carbocycles. The second kappa shape index (κ2) is 3.65. The van der Waals surface area contributed by atoms with Crippen molar-refractivity contribution in [2.45, 2.75) is 50.5 Å². The van der Waals surface area contributed by atoms with E-state index in [0.717, 1.165) is 0 Å². The number of hydrogen-bond acceptors (Lipinski definition) is 6. The van der Waals surface area contributed by atoms with Crippen LogP contribution >= 0.6 is 0 Å². The first-order valence-electron chi connectivity index (χ1n) is 5.61. The summed E-state index contributed by atoms with van der Waals surface area (Å²) >= 11 is 0. The van der Waals surface area contributed by atoms with E-state index >= 15 is 0 Å². The zero-order valence-electron chi connectivity index (χ0n) is 10.3. The van der Waals surface area contributed by atoms with Gasteiger partial charge in [0, 0.05) is 13.0 Å². The molecule has 0 aromatic carbocycles. The van der Waals surface area contributed by atoms with E-state index in [1.54, 1.807) is 20.8 Å². The number of carbonyl (C=O) groups is 1. The lowest BCUT2D eigenvalue weighted by molar-refractivity contribution is -0.359. The first-order valence-corrected chi connectivity index (χ1v) is 5.61. The number of carbonyl (C=O) groups excluding carboxylic acids is 1. The molecule has 6 nitrogen and oxygen atoms in total. The fourth-order valence-electron chi connectivity index (χ4n) is 2.60. The van der Waals surface area contributed by atoms with Gasteiger partial charge in [-0.1, -0.05) is 6.92 Å². The van der Waals surface area contributed by atoms with Crippen LogP contribution < -0.4 is 0 Å². The van der Waals surface area contributed by atoms with E-state index in [9.17, 15) is 15.0 Å². The van der Waals surface area contributed by atoms with Crippen molar-refractivity contribution in [3.63, 3.8) is 0 Å². The quantitative estimate of drug-likeness (QED) is 0.602. The van der Waals surface area contributed by atoms with Gasteiger partial charge < -0.3 is 24.4 Å². The lowest BCUT2D eigenvalue weighted by atomic mass is 9.76. The molecule has 2 aliphatic heterocycles. The Hall–Kier alpha value is -0.690. The van der Waals surface area contributed by atoms with Crippen molar-refractivity contribution in [2.75, 3.05) is 7.11 Å². The second-order valence-electron chi connectivity index (χ2n) is 4.98. The predicted molar refractivity (Wildman–Crippen MR) is 56.0 cm³/mol. The van der Waals surface area contributed by atoms with Gasteiger partial charge in [0.05, 0.1) is 6.10 Å². The maximum absolute atomic E-state index is 11.5. The van der Waals surface area contributed by atoms with Crippen LogP contribution in [0.2, 0.25) is 0 Å². The Kier molecular flexibility index (Phi) is 2.74. The van der Waals surface area contributed by atoms with Gasteiger partial charge in [-0.05, 0) is 13.8 Å². The Labute approximate surface area is 99.5 Å². The molecule has 2 saturated heterocycles. The summed E-state index contributed by atoms with van der Waals surface area (Å²) in [6.07, 6.45) is -2.95. The fraction of sp³-hybridized carbons (Fsp3) is 0.909. The van der Waals surface area contributed by atoms with Crippen LogP contribution in [0, 0.1) is 5.92 Å². The summed E-state index contributed by atoms with van der Waals surface area (Å²) in [5.41, 5.74) is -1.32. The zero-order chi connectivity index (χ0) is 13.0. The first kappa shape index (κ1) is 12.8. The number of rotatable bonds is 1. The summed E-state index contributed by atoms with van der Waals surface area (Å²) < 4.78 is 15.8. The van der Waals surface area contributed by atoms with Gasteiger partial charge in [-0.3, -0.25) is 0 Å². The topological polar surface area (TPSA) is 85.2 Å². The highest BCUT2D eigenvalue weighted by atomic mass is 16.8. The number of aliphatic hydroxyl groups is 2. The van der Waals surface area contributed by atoms with E-state index in [1.165, 1.54) is 7.11 Å². The number of aliphatic hydroxyl groups excluding tert-OH is 1. The molecule has 0 spiro atoms. The number of methoxy groups -OCH3 is 1. The summed E-state index contributed by atoms with van der Waals surface area (Å²) in [4.78, 5) is 11.5. The lowest BCUT2D eigenvalue weighted by Crippen LogP contribution is -2.68. The van der Waals surface area contributed by atoms with Crippen molar-refractivity contribution in [2.24, 2.45) is 5.92 Å². The molecule has 0 bridgehead atoms. The average molecular weight is 246 g/mol. The number of fused-ring (bicyclic) bond motifs is 1. The van der Waals surface area contributed by atoms with E-state index in [1.807, 2.05) is 0 Å². The van der Waals surface area contributed by atoms with E-state index in [0.29, 0.717) is 0 Å². The van der Waals surface area contributed by atoms with Crippen LogP contribution in [0.25, 0.3) is 0 Å². The zero-order valence-corrected chi connectivity index (χ0v) is 10.3. The van der Waals surface area contributed by atoms with Crippen LogP contribution in [0.15, 0.2) is 0 Å². The van der Waals surface area contributed by atoms with Crippen molar-refractivity contribution in [3.05, 3.63) is 0 Å². The van der Waals surface area contributed by atoms with Gasteiger partial charge in [-0.2, -0.15) is 0 Å². The summed E-state index contributed by atoms with van der Waals surface area (Å²) in [6, 6.07) is 0. The lowest BCUT2D eigenvalue weighted by Gasteiger charge is -2.50. The average Bonchev–Trinajstić information content (AvgIpc) is 2.52. The molecule has 0 aromatic heterocycles. The standard InChI is InChI=1S/C11H18O6/c1-5-6(2)17-11(15-4)7(12)8(13)16-9(11)10(5,3)14/h5-7,9,12,14H,1-4H3. The molecule has 6 heteroatoms. The molecule has 0 radical (unpaired) electrons. The normalized spacial score (nSPS) is 54.4. The molecule has 0 aromatic rings. The first-order chi connectivity index (χ1) is 7.77. The van der Waals surface area contributed by atoms with E-state index in [2.05, 4.69) is 0 Å². The highest BCUT2D eigenvalue weighted by Crippen LogP contribution is 2.47. The minimum atomic E-state index is -1.62. The number of esters is 1. The van der Waals surface area contributed by atoms with Crippen LogP contribution in [0.3, 0.4) is 0 Å². The highest BCUT2D eigenvalue weighted by Gasteiger charge is 2.69. The van der Waals surface area contributed by atoms with Gasteiger partial charge in [0.15, 0.2) is 6.10 Å². The molecule has 0 amide bonds. The Bertz CT molecular complexity index is 341. The SMILES string of the molecule is COC12OC(C)C(C)C(C)(O)C1OC(=O)C2O. The van der Waals surface area contributed by atoms with Crippen LogP contribution in [0.5, 0.6) is 0 Å². The van der Waals surface area contributed by atoms with Crippen molar-refractivity contribution in [1.29, 1.82) is 0 Å². The van der Waals surface area contributed by atoms with E-state index < -0.39 is 29.6 Å². The van der Waals surface area contributed by atoms with E-state index in [4.69, 9.17) is 14.2 Å². The number of ether oxygens (including phenoxy) is 3. The van der Waals surface area contributed by atoms with Crippen LogP contribution in [-0.4, -0.2) is 53.0 Å². The molecule has 2 fully saturated rings. The van der Waals surface area contributed by atoms with Crippen LogP contribution in [0.4, 0.5) is 0 Å². The van der Waals surface area contributed by atoms with Gasteiger partial charge in [0.25, 0.3) is 0 Å². The summed E-state index contributed by atoms with van der Waals surface area (Å²) in [5, 5.41) is 20.3. The van der Waals surface area contributed by atoms with E-state index in [-0.39, 0.29) is 12.0 Å². The largest absolute Gasteiger partial charge is 0.451 e. The maximum atomic E-state index is 11.5. The third-order valence-electron chi connectivity index (χ3n) is 4.05. The van der Waals surface area contributed by atoms with Crippen molar-refractivity contribution >= 4 is 5.97 Å². The maximum Gasteiger partial charge on any atom is 0.341 e. The Morgan fingerprint density at radius 3 is 2.53 bits per heavy atom. The monoisotopic (exact) mass is 246 g/mol. The van der Waals surface area contributed by atoms with Gasteiger partial charge in [-0.15, -0.1) is 0 Å². The molecular weight excluding hydrogens is 228 g/mol. The molecule has 2 heterocycles. The third-order valence-corrected chi connectivity index (χ3v) is 4.05. The highest BCUT2D eigenvalue weighted by molar-refractivity contribution is 5.79. The summed E-state index contributed by atoms with van der Waals surface area (Å²) in [7, 11) is 1.32. The molecular formula is C11H18O6. The molecule has 2 N–H and O–H groups in total. The number of hydrogen-bond donors (Lipinski definition) is 2. The van der Waals surface area contributed by atoms with Crippen molar-refractivity contribution in [1.82, 2.24) is 0 Å². The van der Waals surface area contributed by atoms with Crippen LogP contribution in [0.1, 0.15) is 20.8 Å². The molecule has 6 atom stereocenters. The minimum absolute atomic E-state index is 0.256. The summed E-state index contributed by atoms with van der Waals surface area (Å²) in [6.45, 7) is 5.11. The van der Waals surface area contributed by atoms with Gasteiger partial charge in [0.2, 0.25) is 11.9 Å². The molecule has 0 saturated carbocycles. The van der Waals surface area contributed by atoms with Crippen molar-refractivity contribution in [3.8, 4) is 0 Å². The molecule has 2 rings (SSSR count). The Balaban J connectivity index is 2.47. The van der Waals surface area contributed by atoms with Crippen LogP contribution in [-0.2, 0) is 19.0 Å². The Morgan fingerprint density at radius 2 is 2.00 bits per heavy atom. The van der Waals surface area contributed by atoms with Gasteiger partial charge in [0.1, 0.15) is 5.60 Å². The second-order valence-corrected chi connectivity index (χ2v) is 4.98. The minimum Gasteiger partial charge on any atom is -0.451 e. The predicted octanol–water partition coefficient (Wildman–Crippen LogP) is -0.579. The Morgan fingerprint density at radius 1 is 1.41 bits per heavy atom.